The maximum atomic E-state index is 12.1. The van der Waals surface area contributed by atoms with Crippen molar-refractivity contribution in [3.63, 3.8) is 0 Å². The first-order valence-electron chi connectivity index (χ1n) is 7.72. The molecule has 1 aromatic rings. The molecule has 23 heavy (non-hydrogen) atoms. The summed E-state index contributed by atoms with van der Waals surface area (Å²) in [5.41, 5.74) is 0.944. The number of benzene rings is 1. The highest BCUT2D eigenvalue weighted by Crippen LogP contribution is 2.19. The number of primary sulfonamides is 1. The van der Waals surface area contributed by atoms with Gasteiger partial charge < -0.3 is 15.1 Å². The zero-order chi connectivity index (χ0) is 16.9. The van der Waals surface area contributed by atoms with E-state index in [0.29, 0.717) is 19.5 Å². The van der Waals surface area contributed by atoms with Crippen molar-refractivity contribution in [2.24, 2.45) is 5.14 Å². The average molecular weight is 340 g/mol. The number of sulfonamides is 1. The highest BCUT2D eigenvalue weighted by molar-refractivity contribution is 7.89. The molecule has 1 amide bonds. The monoisotopic (exact) mass is 340 g/mol. The summed E-state index contributed by atoms with van der Waals surface area (Å²) in [5, 5.41) is 8.14. The zero-order valence-electron chi connectivity index (χ0n) is 13.4. The zero-order valence-corrected chi connectivity index (χ0v) is 14.2. The number of nitrogens with zero attached hydrogens (tertiary/aromatic N) is 2. The maximum absolute atomic E-state index is 12.1. The van der Waals surface area contributed by atoms with Crippen LogP contribution >= 0.6 is 0 Å². The predicted molar refractivity (Wildman–Crippen MR) is 89.8 cm³/mol. The molecule has 1 aromatic carbocycles. The number of hydrogen-bond donors (Lipinski definition) is 2. The van der Waals surface area contributed by atoms with E-state index >= 15 is 0 Å². The van der Waals surface area contributed by atoms with Crippen molar-refractivity contribution < 1.29 is 13.2 Å². The van der Waals surface area contributed by atoms with Crippen molar-refractivity contribution in [3.05, 3.63) is 24.3 Å². The summed E-state index contributed by atoms with van der Waals surface area (Å²) in [6, 6.07) is 6.54. The van der Waals surface area contributed by atoms with Gasteiger partial charge in [-0.15, -0.1) is 0 Å². The molecule has 1 aliphatic heterocycles. The van der Waals surface area contributed by atoms with E-state index < -0.39 is 10.0 Å². The Morgan fingerprint density at radius 1 is 1.17 bits per heavy atom. The van der Waals surface area contributed by atoms with Crippen LogP contribution in [-0.4, -0.2) is 59.0 Å². The average Bonchev–Trinajstić information content (AvgIpc) is 2.54. The number of anilines is 1. The third kappa shape index (κ3) is 4.92. The van der Waals surface area contributed by atoms with Gasteiger partial charge in [-0.2, -0.15) is 0 Å². The Bertz CT molecular complexity index is 623. The summed E-state index contributed by atoms with van der Waals surface area (Å²) in [6.45, 7) is 3.71. The van der Waals surface area contributed by atoms with E-state index in [-0.39, 0.29) is 10.8 Å². The van der Waals surface area contributed by atoms with Crippen LogP contribution in [0.4, 0.5) is 5.69 Å². The van der Waals surface area contributed by atoms with Crippen LogP contribution in [0.15, 0.2) is 29.2 Å². The van der Waals surface area contributed by atoms with Gasteiger partial charge in [-0.25, -0.2) is 13.6 Å². The number of rotatable bonds is 6. The van der Waals surface area contributed by atoms with Crippen LogP contribution in [0.2, 0.25) is 0 Å². The Kier molecular flexibility index (Phi) is 5.97. The SMILES string of the molecule is CNCCCC(=O)N1CCN(c2ccc(S(N)(=O)=O)cc2)CC1. The van der Waals surface area contributed by atoms with E-state index in [9.17, 15) is 13.2 Å². The summed E-state index contributed by atoms with van der Waals surface area (Å²) in [5.74, 6) is 0.199. The lowest BCUT2D eigenvalue weighted by Gasteiger charge is -2.36. The van der Waals surface area contributed by atoms with Gasteiger partial charge in [0.25, 0.3) is 0 Å². The first-order valence-corrected chi connectivity index (χ1v) is 9.26. The lowest BCUT2D eigenvalue weighted by Crippen LogP contribution is -2.48. The molecule has 0 aromatic heterocycles. The lowest BCUT2D eigenvalue weighted by molar-refractivity contribution is -0.131. The fourth-order valence-corrected chi connectivity index (χ4v) is 3.15. The smallest absolute Gasteiger partial charge is 0.238 e. The van der Waals surface area contributed by atoms with Gasteiger partial charge in [-0.1, -0.05) is 0 Å². The predicted octanol–water partition coefficient (Wildman–Crippen LogP) is -0.0178. The molecule has 8 heteroatoms. The van der Waals surface area contributed by atoms with E-state index in [1.54, 1.807) is 12.1 Å². The number of carbonyl (C=O) groups excluding carboxylic acids is 1. The van der Waals surface area contributed by atoms with E-state index in [1.165, 1.54) is 12.1 Å². The molecule has 1 aliphatic rings. The maximum Gasteiger partial charge on any atom is 0.238 e. The molecule has 3 N–H and O–H groups in total. The second kappa shape index (κ2) is 7.76. The topological polar surface area (TPSA) is 95.7 Å². The highest BCUT2D eigenvalue weighted by Gasteiger charge is 2.21. The largest absolute Gasteiger partial charge is 0.368 e. The molecule has 7 nitrogen and oxygen atoms in total. The molecule has 0 atom stereocenters. The summed E-state index contributed by atoms with van der Waals surface area (Å²) in [4.78, 5) is 16.2. The van der Waals surface area contributed by atoms with Crippen LogP contribution in [0.5, 0.6) is 0 Å². The summed E-state index contributed by atoms with van der Waals surface area (Å²) in [6.07, 6.45) is 1.43. The van der Waals surface area contributed by atoms with E-state index in [4.69, 9.17) is 5.14 Å². The Morgan fingerprint density at radius 3 is 2.30 bits per heavy atom. The fraction of sp³-hybridized carbons (Fsp3) is 0.533. The van der Waals surface area contributed by atoms with E-state index in [0.717, 1.165) is 31.7 Å². The number of nitrogens with two attached hydrogens (primary N) is 1. The van der Waals surface area contributed by atoms with Crippen LogP contribution < -0.4 is 15.4 Å². The second-order valence-electron chi connectivity index (χ2n) is 5.61. The Balaban J connectivity index is 1.88. The molecule has 0 saturated carbocycles. The van der Waals surface area contributed by atoms with Gasteiger partial charge in [0.2, 0.25) is 15.9 Å². The normalized spacial score (nSPS) is 15.7. The minimum absolute atomic E-state index is 0.111. The van der Waals surface area contributed by atoms with E-state index in [2.05, 4.69) is 10.2 Å². The van der Waals surface area contributed by atoms with Crippen molar-refractivity contribution in [2.45, 2.75) is 17.7 Å². The minimum Gasteiger partial charge on any atom is -0.368 e. The Hall–Kier alpha value is -1.64. The van der Waals surface area contributed by atoms with Crippen molar-refractivity contribution in [2.75, 3.05) is 44.7 Å². The minimum atomic E-state index is -3.66. The van der Waals surface area contributed by atoms with E-state index in [1.807, 2.05) is 11.9 Å². The van der Waals surface area contributed by atoms with Crippen LogP contribution in [0.1, 0.15) is 12.8 Å². The number of piperazine rings is 1. The molecule has 1 fully saturated rings. The molecular weight excluding hydrogens is 316 g/mol. The molecule has 0 spiro atoms. The van der Waals surface area contributed by atoms with Gasteiger partial charge in [0.1, 0.15) is 0 Å². The number of amides is 1. The third-order valence-electron chi connectivity index (χ3n) is 3.98. The van der Waals surface area contributed by atoms with Crippen molar-refractivity contribution in [3.8, 4) is 0 Å². The van der Waals surface area contributed by atoms with Crippen molar-refractivity contribution in [1.29, 1.82) is 0 Å². The van der Waals surface area contributed by atoms with Gasteiger partial charge in [-0.05, 0) is 44.3 Å². The van der Waals surface area contributed by atoms with Crippen LogP contribution in [-0.2, 0) is 14.8 Å². The fourth-order valence-electron chi connectivity index (χ4n) is 2.64. The molecule has 1 heterocycles. The van der Waals surface area contributed by atoms with Gasteiger partial charge >= 0.3 is 0 Å². The standard InChI is InChI=1S/C15H24N4O3S/c1-17-8-2-3-15(20)19-11-9-18(10-12-19)13-4-6-14(7-5-13)23(16,21)22/h4-7,17H,2-3,8-12H2,1H3,(H2,16,21,22). The Labute approximate surface area is 137 Å². The molecule has 128 valence electrons. The molecule has 0 bridgehead atoms. The summed E-state index contributed by atoms with van der Waals surface area (Å²) >= 11 is 0. The lowest BCUT2D eigenvalue weighted by atomic mass is 10.2. The van der Waals surface area contributed by atoms with Crippen LogP contribution in [0, 0.1) is 0 Å². The quantitative estimate of drug-likeness (QED) is 0.710. The highest BCUT2D eigenvalue weighted by atomic mass is 32.2. The number of hydrogen-bond acceptors (Lipinski definition) is 5. The number of nitrogens with one attached hydrogen (secondary N) is 1. The van der Waals surface area contributed by atoms with Gasteiger partial charge in [-0.3, -0.25) is 4.79 Å². The first kappa shape index (κ1) is 17.7. The first-order chi connectivity index (χ1) is 10.9. The Morgan fingerprint density at radius 2 is 1.78 bits per heavy atom. The second-order valence-corrected chi connectivity index (χ2v) is 7.18. The van der Waals surface area contributed by atoms with Crippen LogP contribution in [0.3, 0.4) is 0 Å². The molecule has 0 unspecified atom stereocenters. The van der Waals surface area contributed by atoms with Gasteiger partial charge in [0.15, 0.2) is 0 Å². The molecule has 0 radical (unpaired) electrons. The molecular formula is C15H24N4O3S. The summed E-state index contributed by atoms with van der Waals surface area (Å²) in [7, 11) is -1.78. The van der Waals surface area contributed by atoms with Gasteiger partial charge in [0, 0.05) is 38.3 Å². The molecule has 1 saturated heterocycles. The molecule has 2 rings (SSSR count). The third-order valence-corrected chi connectivity index (χ3v) is 4.91. The van der Waals surface area contributed by atoms with Crippen molar-refractivity contribution in [1.82, 2.24) is 10.2 Å². The number of carbonyl (C=O) groups is 1. The van der Waals surface area contributed by atoms with Gasteiger partial charge in [0.05, 0.1) is 4.90 Å². The molecule has 0 aliphatic carbocycles. The van der Waals surface area contributed by atoms with Crippen molar-refractivity contribution >= 4 is 21.6 Å². The summed E-state index contributed by atoms with van der Waals surface area (Å²) < 4.78 is 22.5. The van der Waals surface area contributed by atoms with Crippen LogP contribution in [0.25, 0.3) is 0 Å².